The van der Waals surface area contributed by atoms with Crippen LogP contribution in [0.3, 0.4) is 0 Å². The van der Waals surface area contributed by atoms with Gasteiger partial charge in [-0.1, -0.05) is 24.6 Å². The molecule has 1 aromatic carbocycles. The summed E-state index contributed by atoms with van der Waals surface area (Å²) in [5, 5.41) is 0. The molecule has 1 N–H and O–H groups in total. The monoisotopic (exact) mass is 232 g/mol. The minimum absolute atomic E-state index is 0.767. The van der Waals surface area contributed by atoms with Crippen LogP contribution in [0, 0.1) is 18.6 Å². The van der Waals surface area contributed by atoms with Gasteiger partial charge in [-0.25, -0.2) is 0 Å². The smallest absolute Gasteiger partial charge is 0.182 e. The van der Waals surface area contributed by atoms with Crippen LogP contribution in [0.25, 0.3) is 5.69 Å². The Balaban J connectivity index is 2.67. The van der Waals surface area contributed by atoms with Crippen LogP contribution in [0.1, 0.15) is 23.7 Å². The second kappa shape index (κ2) is 4.26. The molecule has 0 atom stereocenters. The third kappa shape index (κ3) is 1.83. The largest absolute Gasteiger partial charge is 0.337 e. The van der Waals surface area contributed by atoms with Crippen molar-refractivity contribution in [2.24, 2.45) is 0 Å². The van der Waals surface area contributed by atoms with E-state index in [1.807, 2.05) is 6.20 Å². The first kappa shape index (κ1) is 11.1. The fraction of sp³-hybridized carbons (Fsp3) is 0.308. The maximum absolute atomic E-state index is 5.32. The van der Waals surface area contributed by atoms with E-state index >= 15 is 0 Å². The molecule has 3 heteroatoms. The van der Waals surface area contributed by atoms with Gasteiger partial charge < -0.3 is 4.98 Å². The van der Waals surface area contributed by atoms with Gasteiger partial charge in [0.15, 0.2) is 4.77 Å². The molecular formula is C13H16N2S. The second-order valence-corrected chi connectivity index (χ2v) is 4.45. The van der Waals surface area contributed by atoms with Crippen molar-refractivity contribution in [2.45, 2.75) is 27.2 Å². The van der Waals surface area contributed by atoms with Crippen molar-refractivity contribution in [3.8, 4) is 5.69 Å². The lowest BCUT2D eigenvalue weighted by atomic mass is 10.1. The highest BCUT2D eigenvalue weighted by atomic mass is 32.1. The summed E-state index contributed by atoms with van der Waals surface area (Å²) in [6, 6.07) is 6.44. The average Bonchev–Trinajstić information content (AvgIpc) is 2.60. The first-order valence-corrected chi connectivity index (χ1v) is 5.91. The summed E-state index contributed by atoms with van der Waals surface area (Å²) in [6.45, 7) is 6.36. The van der Waals surface area contributed by atoms with Crippen molar-refractivity contribution in [1.82, 2.24) is 9.55 Å². The molecule has 0 saturated carbocycles. The van der Waals surface area contributed by atoms with Crippen LogP contribution in [0.15, 0.2) is 24.4 Å². The summed E-state index contributed by atoms with van der Waals surface area (Å²) in [5.41, 5.74) is 4.93. The molecule has 2 aromatic rings. The van der Waals surface area contributed by atoms with E-state index < -0.39 is 0 Å². The van der Waals surface area contributed by atoms with Crippen LogP contribution >= 0.6 is 12.2 Å². The van der Waals surface area contributed by atoms with Gasteiger partial charge in [0.2, 0.25) is 0 Å². The minimum atomic E-state index is 0.767. The number of benzene rings is 1. The average molecular weight is 232 g/mol. The third-order valence-electron chi connectivity index (χ3n) is 2.81. The molecular weight excluding hydrogens is 216 g/mol. The normalized spacial score (nSPS) is 10.7. The molecule has 16 heavy (non-hydrogen) atoms. The van der Waals surface area contributed by atoms with Gasteiger partial charge in [0, 0.05) is 11.9 Å². The first-order chi connectivity index (χ1) is 7.63. The molecule has 2 rings (SSSR count). The van der Waals surface area contributed by atoms with Gasteiger partial charge in [0.1, 0.15) is 0 Å². The highest BCUT2D eigenvalue weighted by molar-refractivity contribution is 7.71. The number of nitrogens with zero attached hydrogens (tertiary/aromatic N) is 1. The Labute approximate surface area is 101 Å². The van der Waals surface area contributed by atoms with E-state index in [2.05, 4.69) is 48.5 Å². The fourth-order valence-corrected chi connectivity index (χ4v) is 2.26. The lowest BCUT2D eigenvalue weighted by Crippen LogP contribution is -2.01. The standard InChI is InChI=1S/C13H16N2S/c1-4-11-8-14-13(16)15(11)12-6-5-9(2)7-10(12)3/h5-8H,4H2,1-3H3,(H,14,16). The van der Waals surface area contributed by atoms with Crippen LogP contribution in [-0.4, -0.2) is 9.55 Å². The van der Waals surface area contributed by atoms with Crippen molar-refractivity contribution in [2.75, 3.05) is 0 Å². The lowest BCUT2D eigenvalue weighted by molar-refractivity contribution is 0.914. The van der Waals surface area contributed by atoms with Crippen LogP contribution < -0.4 is 0 Å². The highest BCUT2D eigenvalue weighted by Crippen LogP contribution is 2.18. The van der Waals surface area contributed by atoms with Gasteiger partial charge in [-0.2, -0.15) is 0 Å². The van der Waals surface area contributed by atoms with E-state index in [1.165, 1.54) is 22.5 Å². The quantitative estimate of drug-likeness (QED) is 0.783. The number of aromatic nitrogens is 2. The van der Waals surface area contributed by atoms with E-state index in [-0.39, 0.29) is 0 Å². The second-order valence-electron chi connectivity index (χ2n) is 4.06. The van der Waals surface area contributed by atoms with E-state index in [1.54, 1.807) is 0 Å². The minimum Gasteiger partial charge on any atom is -0.337 e. The number of imidazole rings is 1. The number of hydrogen-bond acceptors (Lipinski definition) is 1. The van der Waals surface area contributed by atoms with E-state index in [0.29, 0.717) is 0 Å². The Hall–Kier alpha value is -1.35. The van der Waals surface area contributed by atoms with Crippen LogP contribution in [-0.2, 0) is 6.42 Å². The number of H-pyrrole nitrogens is 1. The number of aryl methyl sites for hydroxylation is 3. The molecule has 0 amide bonds. The zero-order chi connectivity index (χ0) is 11.7. The molecule has 84 valence electrons. The first-order valence-electron chi connectivity index (χ1n) is 5.50. The molecule has 1 heterocycles. The maximum Gasteiger partial charge on any atom is 0.182 e. The van der Waals surface area contributed by atoms with E-state index in [4.69, 9.17) is 12.2 Å². The van der Waals surface area contributed by atoms with Gasteiger partial charge in [-0.15, -0.1) is 0 Å². The summed E-state index contributed by atoms with van der Waals surface area (Å²) in [4.78, 5) is 3.11. The zero-order valence-corrected chi connectivity index (χ0v) is 10.7. The summed E-state index contributed by atoms with van der Waals surface area (Å²) < 4.78 is 2.88. The van der Waals surface area contributed by atoms with Gasteiger partial charge in [-0.3, -0.25) is 4.57 Å². The van der Waals surface area contributed by atoms with Gasteiger partial charge in [-0.05, 0) is 44.1 Å². The molecule has 0 aliphatic carbocycles. The van der Waals surface area contributed by atoms with Crippen LogP contribution in [0.5, 0.6) is 0 Å². The molecule has 0 aliphatic rings. The molecule has 0 fully saturated rings. The maximum atomic E-state index is 5.32. The highest BCUT2D eigenvalue weighted by Gasteiger charge is 2.07. The van der Waals surface area contributed by atoms with Crippen molar-refractivity contribution >= 4 is 12.2 Å². The Kier molecular flexibility index (Phi) is 2.97. The van der Waals surface area contributed by atoms with E-state index in [0.717, 1.165) is 11.2 Å². The predicted octanol–water partition coefficient (Wildman–Crippen LogP) is 3.71. The molecule has 0 radical (unpaired) electrons. The topological polar surface area (TPSA) is 20.7 Å². The number of hydrogen-bond donors (Lipinski definition) is 1. The van der Waals surface area contributed by atoms with Gasteiger partial charge in [0.05, 0.1) is 5.69 Å². The summed E-state index contributed by atoms with van der Waals surface area (Å²) in [6.07, 6.45) is 2.96. The molecule has 0 saturated heterocycles. The molecule has 0 aliphatic heterocycles. The summed E-state index contributed by atoms with van der Waals surface area (Å²) in [5.74, 6) is 0. The Morgan fingerprint density at radius 3 is 2.69 bits per heavy atom. The summed E-state index contributed by atoms with van der Waals surface area (Å²) >= 11 is 5.32. The predicted molar refractivity (Wildman–Crippen MR) is 69.8 cm³/mol. The van der Waals surface area contributed by atoms with Crippen molar-refractivity contribution in [3.63, 3.8) is 0 Å². The number of rotatable bonds is 2. The zero-order valence-electron chi connectivity index (χ0n) is 9.87. The molecule has 0 spiro atoms. The van der Waals surface area contributed by atoms with Gasteiger partial charge in [0.25, 0.3) is 0 Å². The SMILES string of the molecule is CCc1c[nH]c(=S)n1-c1ccc(C)cc1C. The van der Waals surface area contributed by atoms with Crippen LogP contribution in [0.4, 0.5) is 0 Å². The third-order valence-corrected chi connectivity index (χ3v) is 3.11. The Bertz CT molecular complexity index is 564. The summed E-state index contributed by atoms with van der Waals surface area (Å²) in [7, 11) is 0. The number of nitrogens with one attached hydrogen (secondary N) is 1. The lowest BCUT2D eigenvalue weighted by Gasteiger charge is -2.10. The number of aromatic amines is 1. The van der Waals surface area contributed by atoms with Crippen molar-refractivity contribution in [3.05, 3.63) is 46.0 Å². The molecule has 0 unspecified atom stereocenters. The van der Waals surface area contributed by atoms with Crippen LogP contribution in [0.2, 0.25) is 0 Å². The van der Waals surface area contributed by atoms with Crippen molar-refractivity contribution < 1.29 is 0 Å². The van der Waals surface area contributed by atoms with E-state index in [9.17, 15) is 0 Å². The Morgan fingerprint density at radius 1 is 1.31 bits per heavy atom. The molecule has 1 aromatic heterocycles. The Morgan fingerprint density at radius 2 is 2.06 bits per heavy atom. The molecule has 0 bridgehead atoms. The van der Waals surface area contributed by atoms with Gasteiger partial charge >= 0.3 is 0 Å². The van der Waals surface area contributed by atoms with Crippen molar-refractivity contribution in [1.29, 1.82) is 0 Å². The molecule has 2 nitrogen and oxygen atoms in total. The fourth-order valence-electron chi connectivity index (χ4n) is 1.99.